The number of quaternary nitrogens is 1. The standard InChI is InChI=1S/C13H31N2O8PSi/c1-15(2,3)6-7-22-24(20,21)23-9-13(19)14-5-4-8-25(10-16,11-17)12-18/h16-18H,4-12H2,1-3H3,(H-,14,19,20,21)/p+1. The summed E-state index contributed by atoms with van der Waals surface area (Å²) in [6.07, 6.45) is -0.212. The molecule has 0 bridgehead atoms. The Labute approximate surface area is 149 Å². The number of phosphoric ester groups is 1. The van der Waals surface area contributed by atoms with Crippen molar-refractivity contribution in [1.29, 1.82) is 0 Å². The second kappa shape index (κ2) is 11.4. The number of amides is 1. The minimum absolute atomic E-state index is 0.0229. The fourth-order valence-corrected chi connectivity index (χ4v) is 4.11. The lowest BCUT2D eigenvalue weighted by Crippen LogP contribution is -2.48. The molecule has 0 aliphatic heterocycles. The smallest absolute Gasteiger partial charge is 0.399 e. The molecular weight excluding hydrogens is 371 g/mol. The highest BCUT2D eigenvalue weighted by molar-refractivity contribution is 7.47. The van der Waals surface area contributed by atoms with E-state index in [1.165, 1.54) is 0 Å². The molecule has 1 unspecified atom stereocenters. The monoisotopic (exact) mass is 403 g/mol. The first-order chi connectivity index (χ1) is 11.5. The van der Waals surface area contributed by atoms with Crippen molar-refractivity contribution in [1.82, 2.24) is 5.32 Å². The molecule has 150 valence electrons. The summed E-state index contributed by atoms with van der Waals surface area (Å²) in [5, 5.41) is 30.2. The van der Waals surface area contributed by atoms with Crippen molar-refractivity contribution in [3.05, 3.63) is 0 Å². The molecule has 1 amide bonds. The number of nitrogens with zero attached hydrogens (tertiary/aromatic N) is 1. The third-order valence-electron chi connectivity index (χ3n) is 3.59. The van der Waals surface area contributed by atoms with Crippen molar-refractivity contribution in [3.8, 4) is 0 Å². The Balaban J connectivity index is 4.01. The van der Waals surface area contributed by atoms with Gasteiger partial charge in [-0.05, 0) is 12.5 Å². The van der Waals surface area contributed by atoms with Gasteiger partial charge in [0.1, 0.15) is 27.8 Å². The van der Waals surface area contributed by atoms with Gasteiger partial charge in [0.25, 0.3) is 0 Å². The van der Waals surface area contributed by atoms with Gasteiger partial charge in [0, 0.05) is 25.2 Å². The summed E-state index contributed by atoms with van der Waals surface area (Å²) >= 11 is 0. The van der Waals surface area contributed by atoms with E-state index in [4.69, 9.17) is 4.52 Å². The summed E-state index contributed by atoms with van der Waals surface area (Å²) in [5.74, 6) is -0.575. The van der Waals surface area contributed by atoms with E-state index in [-0.39, 0.29) is 31.8 Å². The first-order valence-corrected chi connectivity index (χ1v) is 12.3. The molecule has 0 spiro atoms. The third kappa shape index (κ3) is 11.8. The van der Waals surface area contributed by atoms with Crippen molar-refractivity contribution >= 4 is 21.8 Å². The Morgan fingerprint density at radius 1 is 1.12 bits per heavy atom. The molecule has 0 saturated heterocycles. The van der Waals surface area contributed by atoms with Gasteiger partial charge in [-0.25, -0.2) is 4.57 Å². The summed E-state index contributed by atoms with van der Waals surface area (Å²) in [4.78, 5) is 21.1. The minimum Gasteiger partial charge on any atom is -0.399 e. The van der Waals surface area contributed by atoms with Crippen LogP contribution >= 0.6 is 7.82 Å². The largest absolute Gasteiger partial charge is 0.472 e. The van der Waals surface area contributed by atoms with E-state index in [1.54, 1.807) is 0 Å². The highest BCUT2D eigenvalue weighted by atomic mass is 31.2. The second-order valence-corrected chi connectivity index (χ2v) is 12.9. The van der Waals surface area contributed by atoms with Crippen LogP contribution in [0.1, 0.15) is 6.42 Å². The summed E-state index contributed by atoms with van der Waals surface area (Å²) in [5.41, 5.74) is 0. The first-order valence-electron chi connectivity index (χ1n) is 8.01. The van der Waals surface area contributed by atoms with Crippen LogP contribution in [0.25, 0.3) is 0 Å². The van der Waals surface area contributed by atoms with Crippen LogP contribution in [0.5, 0.6) is 0 Å². The van der Waals surface area contributed by atoms with Crippen LogP contribution in [-0.2, 0) is 18.4 Å². The van der Waals surface area contributed by atoms with Crippen molar-refractivity contribution in [2.75, 3.05) is 66.1 Å². The van der Waals surface area contributed by atoms with Gasteiger partial charge in [0.15, 0.2) is 0 Å². The second-order valence-electron chi connectivity index (χ2n) is 7.02. The molecule has 0 radical (unpaired) electrons. The van der Waals surface area contributed by atoms with E-state index in [0.717, 1.165) is 0 Å². The zero-order valence-electron chi connectivity index (χ0n) is 15.2. The van der Waals surface area contributed by atoms with E-state index >= 15 is 0 Å². The zero-order chi connectivity index (χ0) is 19.6. The fraction of sp³-hybridized carbons (Fsp3) is 0.923. The maximum absolute atomic E-state index is 11.6. The Kier molecular flexibility index (Phi) is 11.2. The van der Waals surface area contributed by atoms with Crippen molar-refractivity contribution in [2.45, 2.75) is 12.5 Å². The summed E-state index contributed by atoms with van der Waals surface area (Å²) in [7, 11) is -1.05. The van der Waals surface area contributed by atoms with Gasteiger partial charge in [0.05, 0.1) is 21.1 Å². The van der Waals surface area contributed by atoms with Crippen LogP contribution in [0.4, 0.5) is 0 Å². The van der Waals surface area contributed by atoms with Crippen molar-refractivity contribution in [2.24, 2.45) is 0 Å². The van der Waals surface area contributed by atoms with E-state index in [9.17, 15) is 29.6 Å². The molecule has 0 rings (SSSR count). The predicted octanol–water partition coefficient (Wildman–Crippen LogP) is -1.62. The normalized spacial score (nSPS) is 15.0. The van der Waals surface area contributed by atoms with Gasteiger partial charge in [0.2, 0.25) is 5.91 Å². The molecule has 25 heavy (non-hydrogen) atoms. The maximum atomic E-state index is 11.6. The van der Waals surface area contributed by atoms with Crippen molar-refractivity contribution < 1.29 is 43.1 Å². The maximum Gasteiger partial charge on any atom is 0.472 e. The molecule has 10 nitrogen and oxygen atoms in total. The number of carbonyl (C=O) groups is 1. The third-order valence-corrected chi connectivity index (χ3v) is 7.98. The summed E-state index contributed by atoms with van der Waals surface area (Å²) < 4.78 is 21.6. The molecule has 0 aromatic carbocycles. The average Bonchev–Trinajstić information content (AvgIpc) is 2.52. The Bertz CT molecular complexity index is 434. The Morgan fingerprint density at radius 3 is 2.16 bits per heavy atom. The van der Waals surface area contributed by atoms with Crippen molar-refractivity contribution in [3.63, 3.8) is 0 Å². The number of hydrogen-bond acceptors (Lipinski definition) is 7. The highest BCUT2D eigenvalue weighted by Gasteiger charge is 2.30. The topological polar surface area (TPSA) is 146 Å². The van der Waals surface area contributed by atoms with E-state index in [2.05, 4.69) is 9.84 Å². The molecule has 12 heteroatoms. The number of carbonyl (C=O) groups excluding carboxylic acids is 1. The number of nitrogens with one attached hydrogen (secondary N) is 1. The number of aliphatic hydroxyl groups is 3. The molecule has 0 fully saturated rings. The van der Waals surface area contributed by atoms with Crippen LogP contribution in [-0.4, -0.2) is 105 Å². The number of rotatable bonds is 14. The quantitative estimate of drug-likeness (QED) is 0.101. The van der Waals surface area contributed by atoms with E-state index in [1.807, 2.05) is 21.1 Å². The molecule has 0 aromatic heterocycles. The summed E-state index contributed by atoms with van der Waals surface area (Å²) in [6.45, 7) is 0.164. The molecule has 5 N–H and O–H groups in total. The average molecular weight is 403 g/mol. The van der Waals surface area contributed by atoms with Gasteiger partial charge in [-0.1, -0.05) is 0 Å². The van der Waals surface area contributed by atoms with Gasteiger partial charge in [-0.15, -0.1) is 0 Å². The molecule has 0 saturated carbocycles. The molecular formula is C13H32N2O8PSi+. The lowest BCUT2D eigenvalue weighted by atomic mass is 10.4. The Hall–Kier alpha value is -0.363. The van der Waals surface area contributed by atoms with Gasteiger partial charge >= 0.3 is 7.82 Å². The minimum atomic E-state index is -4.28. The number of hydrogen-bond donors (Lipinski definition) is 5. The van der Waals surface area contributed by atoms with E-state index in [0.29, 0.717) is 23.5 Å². The van der Waals surface area contributed by atoms with Crippen LogP contribution in [0.15, 0.2) is 0 Å². The highest BCUT2D eigenvalue weighted by Crippen LogP contribution is 2.42. The molecule has 0 aliphatic carbocycles. The number of likely N-dealkylation sites (N-methyl/N-ethyl adjacent to an activating group) is 1. The lowest BCUT2D eigenvalue weighted by Gasteiger charge is -2.24. The van der Waals surface area contributed by atoms with Gasteiger partial charge in [-0.3, -0.25) is 13.8 Å². The number of phosphoric acid groups is 1. The first kappa shape index (κ1) is 24.6. The fourth-order valence-electron chi connectivity index (χ4n) is 1.74. The van der Waals surface area contributed by atoms with Gasteiger partial charge in [-0.2, -0.15) is 0 Å². The summed E-state index contributed by atoms with van der Waals surface area (Å²) in [6, 6.07) is 0.449. The van der Waals surface area contributed by atoms with Crippen LogP contribution < -0.4 is 5.32 Å². The number of aliphatic hydroxyl groups excluding tert-OH is 3. The molecule has 0 aliphatic rings. The van der Waals surface area contributed by atoms with Gasteiger partial charge < -0.3 is 30.0 Å². The Morgan fingerprint density at radius 2 is 1.68 bits per heavy atom. The molecule has 0 heterocycles. The molecule has 1 atom stereocenters. The zero-order valence-corrected chi connectivity index (χ0v) is 17.1. The molecule has 0 aromatic rings. The lowest BCUT2D eigenvalue weighted by molar-refractivity contribution is -0.870. The SMILES string of the molecule is C[N+](C)(C)CCOP(=O)(O)OCC(=O)NCCC[Si](CO)(CO)CO. The van der Waals surface area contributed by atoms with Crippen LogP contribution in [0.3, 0.4) is 0 Å². The van der Waals surface area contributed by atoms with Crippen LogP contribution in [0.2, 0.25) is 6.04 Å². The van der Waals surface area contributed by atoms with Crippen LogP contribution in [0, 0.1) is 0 Å². The predicted molar refractivity (Wildman–Crippen MR) is 94.1 cm³/mol. The van der Waals surface area contributed by atoms with E-state index < -0.39 is 28.4 Å².